The summed E-state index contributed by atoms with van der Waals surface area (Å²) in [6.07, 6.45) is 0. The highest BCUT2D eigenvalue weighted by Gasteiger charge is 2.04. The molecule has 0 atom stereocenters. The third-order valence-electron chi connectivity index (χ3n) is 3.28. The lowest BCUT2D eigenvalue weighted by molar-refractivity contribution is 1.13. The molecular formula is C16H15BrN2. The van der Waals surface area contributed by atoms with Crippen LogP contribution in [0.15, 0.2) is 53.0 Å². The van der Waals surface area contributed by atoms with E-state index in [9.17, 15) is 0 Å². The molecule has 0 radical (unpaired) electrons. The van der Waals surface area contributed by atoms with Crippen molar-refractivity contribution in [3.63, 3.8) is 0 Å². The molecule has 0 aliphatic rings. The second-order valence-corrected chi connectivity index (χ2v) is 5.77. The van der Waals surface area contributed by atoms with Gasteiger partial charge in [0.2, 0.25) is 0 Å². The zero-order chi connectivity index (χ0) is 13.4. The van der Waals surface area contributed by atoms with Gasteiger partial charge < -0.3 is 9.88 Å². The van der Waals surface area contributed by atoms with Gasteiger partial charge in [0.05, 0.1) is 0 Å². The molecule has 19 heavy (non-hydrogen) atoms. The molecule has 3 aromatic rings. The van der Waals surface area contributed by atoms with E-state index < -0.39 is 0 Å². The normalized spacial score (nSPS) is 10.9. The molecule has 1 heterocycles. The molecule has 0 unspecified atom stereocenters. The zero-order valence-electron chi connectivity index (χ0n) is 10.9. The number of nitrogens with one attached hydrogen (secondary N) is 1. The fourth-order valence-electron chi connectivity index (χ4n) is 2.19. The van der Waals surface area contributed by atoms with Crippen LogP contribution in [0.3, 0.4) is 0 Å². The van der Waals surface area contributed by atoms with Crippen molar-refractivity contribution in [2.75, 3.05) is 19.0 Å². The lowest BCUT2D eigenvalue weighted by Gasteiger charge is -2.12. The van der Waals surface area contributed by atoms with Gasteiger partial charge in [-0.05, 0) is 35.9 Å². The van der Waals surface area contributed by atoms with Gasteiger partial charge in [-0.3, -0.25) is 0 Å². The van der Waals surface area contributed by atoms with Gasteiger partial charge in [0, 0.05) is 40.9 Å². The Morgan fingerprint density at radius 1 is 0.947 bits per heavy atom. The zero-order valence-corrected chi connectivity index (χ0v) is 12.5. The molecule has 0 amide bonds. The molecule has 3 heteroatoms. The Hall–Kier alpha value is -1.74. The van der Waals surface area contributed by atoms with Gasteiger partial charge in [0.1, 0.15) is 0 Å². The van der Waals surface area contributed by atoms with Crippen LogP contribution in [-0.4, -0.2) is 19.1 Å². The SMILES string of the molecule is CN(C)c1ccc(-c2cc3ccc(Br)cc3[nH]2)cc1. The summed E-state index contributed by atoms with van der Waals surface area (Å²) in [5.74, 6) is 0. The predicted octanol–water partition coefficient (Wildman–Crippen LogP) is 4.66. The maximum absolute atomic E-state index is 3.50. The van der Waals surface area contributed by atoms with Crippen LogP contribution in [0.5, 0.6) is 0 Å². The first-order valence-electron chi connectivity index (χ1n) is 6.19. The molecule has 0 saturated carbocycles. The van der Waals surface area contributed by atoms with Crippen molar-refractivity contribution >= 4 is 32.5 Å². The van der Waals surface area contributed by atoms with E-state index in [1.54, 1.807) is 0 Å². The second kappa shape index (κ2) is 4.74. The van der Waals surface area contributed by atoms with Crippen molar-refractivity contribution in [3.05, 3.63) is 53.0 Å². The van der Waals surface area contributed by atoms with Crippen LogP contribution in [0.1, 0.15) is 0 Å². The summed E-state index contributed by atoms with van der Waals surface area (Å²) in [7, 11) is 4.10. The quantitative estimate of drug-likeness (QED) is 0.728. The van der Waals surface area contributed by atoms with Gasteiger partial charge in [-0.15, -0.1) is 0 Å². The summed E-state index contributed by atoms with van der Waals surface area (Å²) in [6.45, 7) is 0. The first-order valence-corrected chi connectivity index (χ1v) is 6.99. The van der Waals surface area contributed by atoms with E-state index in [1.807, 2.05) is 0 Å². The lowest BCUT2D eigenvalue weighted by Crippen LogP contribution is -2.07. The number of aromatic amines is 1. The predicted molar refractivity (Wildman–Crippen MR) is 85.8 cm³/mol. The largest absolute Gasteiger partial charge is 0.378 e. The van der Waals surface area contributed by atoms with Crippen molar-refractivity contribution in [3.8, 4) is 11.3 Å². The van der Waals surface area contributed by atoms with Crippen LogP contribution in [0.2, 0.25) is 0 Å². The number of H-pyrrole nitrogens is 1. The Kier molecular flexibility index (Phi) is 3.07. The van der Waals surface area contributed by atoms with E-state index in [-0.39, 0.29) is 0 Å². The van der Waals surface area contributed by atoms with Crippen molar-refractivity contribution in [1.82, 2.24) is 4.98 Å². The monoisotopic (exact) mass is 314 g/mol. The van der Waals surface area contributed by atoms with Crippen molar-refractivity contribution in [2.24, 2.45) is 0 Å². The Morgan fingerprint density at radius 2 is 1.68 bits per heavy atom. The standard InChI is InChI=1S/C16H15BrN2/c1-19(2)14-7-4-11(5-8-14)15-9-12-3-6-13(17)10-16(12)18-15/h3-10,18H,1-2H3. The lowest BCUT2D eigenvalue weighted by atomic mass is 10.1. The van der Waals surface area contributed by atoms with Crippen LogP contribution >= 0.6 is 15.9 Å². The first-order chi connectivity index (χ1) is 9.13. The molecule has 0 aliphatic heterocycles. The molecule has 1 aromatic heterocycles. The topological polar surface area (TPSA) is 19.0 Å². The van der Waals surface area contributed by atoms with Crippen LogP contribution in [-0.2, 0) is 0 Å². The first kappa shape index (κ1) is 12.3. The average molecular weight is 315 g/mol. The molecule has 1 N–H and O–H groups in total. The molecule has 2 nitrogen and oxygen atoms in total. The maximum Gasteiger partial charge on any atom is 0.0470 e. The van der Waals surface area contributed by atoms with E-state index in [0.29, 0.717) is 0 Å². The average Bonchev–Trinajstić information content (AvgIpc) is 2.81. The summed E-state index contributed by atoms with van der Waals surface area (Å²) in [5.41, 5.74) is 4.72. The van der Waals surface area contributed by atoms with E-state index in [4.69, 9.17) is 0 Å². The number of aromatic nitrogens is 1. The Morgan fingerprint density at radius 3 is 2.37 bits per heavy atom. The smallest absolute Gasteiger partial charge is 0.0470 e. The number of halogens is 1. The highest BCUT2D eigenvalue weighted by atomic mass is 79.9. The van der Waals surface area contributed by atoms with Gasteiger partial charge in [0.15, 0.2) is 0 Å². The Bertz CT molecular complexity index is 711. The van der Waals surface area contributed by atoms with Crippen molar-refractivity contribution < 1.29 is 0 Å². The summed E-state index contributed by atoms with van der Waals surface area (Å²) >= 11 is 3.50. The summed E-state index contributed by atoms with van der Waals surface area (Å²) < 4.78 is 1.09. The summed E-state index contributed by atoms with van der Waals surface area (Å²) in [5, 5.41) is 1.23. The van der Waals surface area contributed by atoms with Crippen LogP contribution in [0.25, 0.3) is 22.2 Å². The molecule has 0 saturated heterocycles. The molecule has 3 rings (SSSR count). The van der Waals surface area contributed by atoms with Gasteiger partial charge in [-0.2, -0.15) is 0 Å². The number of hydrogen-bond donors (Lipinski definition) is 1. The van der Waals surface area contributed by atoms with Crippen molar-refractivity contribution in [1.29, 1.82) is 0 Å². The second-order valence-electron chi connectivity index (χ2n) is 4.86. The number of benzene rings is 2. The van der Waals surface area contributed by atoms with Gasteiger partial charge >= 0.3 is 0 Å². The Labute approximate surface area is 121 Å². The third kappa shape index (κ3) is 2.38. The number of fused-ring (bicyclic) bond motifs is 1. The van der Waals surface area contributed by atoms with Crippen LogP contribution in [0, 0.1) is 0 Å². The highest BCUT2D eigenvalue weighted by molar-refractivity contribution is 9.10. The molecule has 0 aliphatic carbocycles. The van der Waals surface area contributed by atoms with Gasteiger partial charge in [-0.1, -0.05) is 34.1 Å². The summed E-state index contributed by atoms with van der Waals surface area (Å²) in [6, 6.07) is 17.0. The Balaban J connectivity index is 2.03. The molecule has 0 spiro atoms. The van der Waals surface area contributed by atoms with Crippen LogP contribution in [0.4, 0.5) is 5.69 Å². The fourth-order valence-corrected chi connectivity index (χ4v) is 2.56. The van der Waals surface area contributed by atoms with E-state index in [2.05, 4.69) is 88.4 Å². The van der Waals surface area contributed by atoms with E-state index >= 15 is 0 Å². The molecule has 2 aromatic carbocycles. The molecule has 0 fully saturated rings. The minimum Gasteiger partial charge on any atom is -0.378 e. The third-order valence-corrected chi connectivity index (χ3v) is 3.77. The minimum atomic E-state index is 1.09. The molecular weight excluding hydrogens is 300 g/mol. The minimum absolute atomic E-state index is 1.09. The van der Waals surface area contributed by atoms with Crippen LogP contribution < -0.4 is 4.90 Å². The van der Waals surface area contributed by atoms with E-state index in [1.165, 1.54) is 16.6 Å². The fraction of sp³-hybridized carbons (Fsp3) is 0.125. The molecule has 0 bridgehead atoms. The van der Waals surface area contributed by atoms with E-state index in [0.717, 1.165) is 15.7 Å². The highest BCUT2D eigenvalue weighted by Crippen LogP contribution is 2.27. The number of nitrogens with zero attached hydrogens (tertiary/aromatic N) is 1. The molecule has 96 valence electrons. The number of rotatable bonds is 2. The number of hydrogen-bond acceptors (Lipinski definition) is 1. The maximum atomic E-state index is 3.50. The summed E-state index contributed by atoms with van der Waals surface area (Å²) in [4.78, 5) is 5.56. The van der Waals surface area contributed by atoms with Gasteiger partial charge in [0.25, 0.3) is 0 Å². The van der Waals surface area contributed by atoms with Gasteiger partial charge in [-0.25, -0.2) is 0 Å². The van der Waals surface area contributed by atoms with Crippen molar-refractivity contribution in [2.45, 2.75) is 0 Å². The number of anilines is 1.